The molecule has 136 valence electrons. The Morgan fingerprint density at radius 3 is 1.92 bits per heavy atom. The van der Waals surface area contributed by atoms with Gasteiger partial charge in [-0.2, -0.15) is 0 Å². The van der Waals surface area contributed by atoms with Crippen LogP contribution < -0.4 is 10.4 Å². The van der Waals surface area contributed by atoms with Gasteiger partial charge in [0, 0.05) is 31.9 Å². The molecule has 5 nitrogen and oxygen atoms in total. The van der Waals surface area contributed by atoms with E-state index in [2.05, 4.69) is 61.8 Å². The van der Waals surface area contributed by atoms with E-state index in [1.165, 1.54) is 5.69 Å². The summed E-state index contributed by atoms with van der Waals surface area (Å²) in [5, 5.41) is 0. The molecule has 3 aliphatic heterocycles. The molecule has 0 spiro atoms. The van der Waals surface area contributed by atoms with Crippen molar-refractivity contribution in [2.75, 3.05) is 44.3 Å². The molecule has 0 N–H and O–H groups in total. The number of hydrogen-bond donors (Lipinski definition) is 0. The Bertz CT molecular complexity index is 592. The molecule has 4 rings (SSSR count). The minimum Gasteiger partial charge on any atom is -0.399 e. The van der Waals surface area contributed by atoms with Crippen molar-refractivity contribution in [3.8, 4) is 0 Å². The number of piperazine rings is 1. The second-order valence-corrected chi connectivity index (χ2v) is 8.39. The van der Waals surface area contributed by atoms with Crippen molar-refractivity contribution in [2.24, 2.45) is 0 Å². The fraction of sp³-hybridized carbons (Fsp3) is 0.684. The summed E-state index contributed by atoms with van der Waals surface area (Å²) in [5.74, 6) is 0. The highest BCUT2D eigenvalue weighted by molar-refractivity contribution is 6.62. The Morgan fingerprint density at radius 2 is 1.44 bits per heavy atom. The summed E-state index contributed by atoms with van der Waals surface area (Å²) < 4.78 is 17.6. The lowest BCUT2D eigenvalue weighted by molar-refractivity contribution is -0.0660. The molecule has 1 aromatic carbocycles. The van der Waals surface area contributed by atoms with Gasteiger partial charge in [-0.25, -0.2) is 0 Å². The SMILES string of the molecule is CC1(C)OB(c2ccc(N3CCN(C4COC4)CC3)cc2)OC1(C)C. The van der Waals surface area contributed by atoms with Gasteiger partial charge in [0.25, 0.3) is 0 Å². The van der Waals surface area contributed by atoms with Crippen LogP contribution in [0, 0.1) is 0 Å². The largest absolute Gasteiger partial charge is 0.494 e. The van der Waals surface area contributed by atoms with E-state index >= 15 is 0 Å². The molecule has 3 saturated heterocycles. The Kier molecular flexibility index (Phi) is 4.35. The summed E-state index contributed by atoms with van der Waals surface area (Å²) in [6.45, 7) is 14.6. The van der Waals surface area contributed by atoms with Crippen LogP contribution in [0.25, 0.3) is 0 Å². The second kappa shape index (κ2) is 6.27. The maximum Gasteiger partial charge on any atom is 0.494 e. The van der Waals surface area contributed by atoms with Gasteiger partial charge in [0.05, 0.1) is 30.5 Å². The highest BCUT2D eigenvalue weighted by atomic mass is 16.7. The number of hydrogen-bond acceptors (Lipinski definition) is 5. The summed E-state index contributed by atoms with van der Waals surface area (Å²) in [6.07, 6.45) is 0. The molecule has 0 aliphatic carbocycles. The highest BCUT2D eigenvalue weighted by Crippen LogP contribution is 2.36. The minimum absolute atomic E-state index is 0.283. The van der Waals surface area contributed by atoms with Crippen molar-refractivity contribution in [3.63, 3.8) is 0 Å². The molecule has 3 heterocycles. The first kappa shape index (κ1) is 17.3. The average molecular weight is 344 g/mol. The predicted molar refractivity (Wildman–Crippen MR) is 101 cm³/mol. The van der Waals surface area contributed by atoms with Crippen LogP contribution in [0.4, 0.5) is 5.69 Å². The maximum absolute atomic E-state index is 6.14. The van der Waals surface area contributed by atoms with Crippen molar-refractivity contribution in [3.05, 3.63) is 24.3 Å². The van der Waals surface area contributed by atoms with E-state index in [0.717, 1.165) is 44.9 Å². The van der Waals surface area contributed by atoms with Crippen LogP contribution in [-0.4, -0.2) is 68.7 Å². The van der Waals surface area contributed by atoms with E-state index < -0.39 is 0 Å². The molecule has 25 heavy (non-hydrogen) atoms. The van der Waals surface area contributed by atoms with Crippen LogP contribution in [0.15, 0.2) is 24.3 Å². The first-order chi connectivity index (χ1) is 11.9. The summed E-state index contributed by atoms with van der Waals surface area (Å²) >= 11 is 0. The van der Waals surface area contributed by atoms with Crippen molar-refractivity contribution in [1.82, 2.24) is 4.90 Å². The maximum atomic E-state index is 6.14. The predicted octanol–water partition coefficient (Wildman–Crippen LogP) is 1.51. The molecule has 3 aliphatic rings. The number of anilines is 1. The Hall–Kier alpha value is -1.08. The molecule has 0 amide bonds. The number of ether oxygens (including phenoxy) is 1. The lowest BCUT2D eigenvalue weighted by Gasteiger charge is -2.43. The third kappa shape index (κ3) is 3.21. The normalized spacial score (nSPS) is 26.7. The molecule has 0 unspecified atom stereocenters. The molecule has 3 fully saturated rings. The van der Waals surface area contributed by atoms with E-state index in [-0.39, 0.29) is 18.3 Å². The van der Waals surface area contributed by atoms with E-state index in [4.69, 9.17) is 14.0 Å². The standard InChI is InChI=1S/C19H29BN2O3/c1-18(2)19(3,4)25-20(24-18)15-5-7-16(8-6-15)21-9-11-22(12-10-21)17-13-23-14-17/h5-8,17H,9-14H2,1-4H3. The first-order valence-corrected chi connectivity index (χ1v) is 9.38. The number of benzene rings is 1. The molecular weight excluding hydrogens is 315 g/mol. The van der Waals surface area contributed by atoms with Crippen molar-refractivity contribution >= 4 is 18.3 Å². The molecule has 0 saturated carbocycles. The van der Waals surface area contributed by atoms with Crippen LogP contribution in [-0.2, 0) is 14.0 Å². The second-order valence-electron chi connectivity index (χ2n) is 8.39. The molecule has 0 atom stereocenters. The van der Waals surface area contributed by atoms with E-state index in [0.29, 0.717) is 6.04 Å². The smallest absolute Gasteiger partial charge is 0.399 e. The summed E-state index contributed by atoms with van der Waals surface area (Å²) in [6, 6.07) is 9.33. The minimum atomic E-state index is -0.294. The van der Waals surface area contributed by atoms with Gasteiger partial charge < -0.3 is 18.9 Å². The summed E-state index contributed by atoms with van der Waals surface area (Å²) in [4.78, 5) is 5.02. The molecule has 0 bridgehead atoms. The zero-order valence-electron chi connectivity index (χ0n) is 15.8. The van der Waals surface area contributed by atoms with Gasteiger partial charge in [-0.15, -0.1) is 0 Å². The number of rotatable bonds is 3. The van der Waals surface area contributed by atoms with Crippen LogP contribution in [0.2, 0.25) is 0 Å². The Balaban J connectivity index is 1.38. The van der Waals surface area contributed by atoms with Crippen molar-refractivity contribution < 1.29 is 14.0 Å². The Labute approximate surface area is 151 Å². The lowest BCUT2D eigenvalue weighted by atomic mass is 9.79. The molecule has 1 aromatic rings. The Morgan fingerprint density at radius 1 is 0.880 bits per heavy atom. The van der Waals surface area contributed by atoms with Gasteiger partial charge in [0.15, 0.2) is 0 Å². The average Bonchev–Trinajstić information content (AvgIpc) is 2.75. The highest BCUT2D eigenvalue weighted by Gasteiger charge is 2.51. The van der Waals surface area contributed by atoms with Gasteiger partial charge in [0.1, 0.15) is 0 Å². The van der Waals surface area contributed by atoms with Crippen LogP contribution in [0.5, 0.6) is 0 Å². The quantitative estimate of drug-likeness (QED) is 0.777. The molecule has 6 heteroatoms. The van der Waals surface area contributed by atoms with Crippen LogP contribution in [0.3, 0.4) is 0 Å². The van der Waals surface area contributed by atoms with E-state index in [1.807, 2.05) is 0 Å². The zero-order chi connectivity index (χ0) is 17.7. The van der Waals surface area contributed by atoms with Gasteiger partial charge in [-0.3, -0.25) is 4.90 Å². The zero-order valence-corrected chi connectivity index (χ0v) is 15.8. The van der Waals surface area contributed by atoms with Gasteiger partial charge in [-0.1, -0.05) is 12.1 Å². The van der Waals surface area contributed by atoms with Crippen LogP contribution >= 0.6 is 0 Å². The fourth-order valence-electron chi connectivity index (χ4n) is 3.60. The summed E-state index contributed by atoms with van der Waals surface area (Å²) in [7, 11) is -0.283. The van der Waals surface area contributed by atoms with E-state index in [9.17, 15) is 0 Å². The third-order valence-corrected chi connectivity index (χ3v) is 6.23. The monoisotopic (exact) mass is 344 g/mol. The number of nitrogens with zero attached hydrogens (tertiary/aromatic N) is 2. The van der Waals surface area contributed by atoms with Crippen molar-refractivity contribution in [1.29, 1.82) is 0 Å². The van der Waals surface area contributed by atoms with Crippen LogP contribution in [0.1, 0.15) is 27.7 Å². The first-order valence-electron chi connectivity index (χ1n) is 9.38. The third-order valence-electron chi connectivity index (χ3n) is 6.23. The molecule has 0 radical (unpaired) electrons. The molecule has 0 aromatic heterocycles. The fourth-order valence-corrected chi connectivity index (χ4v) is 3.60. The van der Waals surface area contributed by atoms with Crippen molar-refractivity contribution in [2.45, 2.75) is 44.9 Å². The lowest BCUT2D eigenvalue weighted by Crippen LogP contribution is -2.56. The summed E-state index contributed by atoms with van der Waals surface area (Å²) in [5.41, 5.74) is 1.79. The topological polar surface area (TPSA) is 34.2 Å². The molecular formula is C19H29BN2O3. The van der Waals surface area contributed by atoms with Gasteiger partial charge in [0.2, 0.25) is 0 Å². The van der Waals surface area contributed by atoms with Gasteiger partial charge in [-0.05, 0) is 45.3 Å². The van der Waals surface area contributed by atoms with Gasteiger partial charge >= 0.3 is 7.12 Å². The van der Waals surface area contributed by atoms with E-state index in [1.54, 1.807) is 0 Å².